The van der Waals surface area contributed by atoms with Crippen molar-refractivity contribution in [1.82, 2.24) is 25.3 Å². The monoisotopic (exact) mass is 375 g/mol. The average Bonchev–Trinajstić information content (AvgIpc) is 2.92. The predicted octanol–water partition coefficient (Wildman–Crippen LogP) is 0.700. The highest BCUT2D eigenvalue weighted by Gasteiger charge is 2.24. The van der Waals surface area contributed by atoms with Crippen LogP contribution >= 0.6 is 15.9 Å². The Kier molecular flexibility index (Phi) is 4.34. The number of carboxylic acids is 1. The molecule has 0 aliphatic rings. The number of sulfonamides is 1. The normalized spacial score (nSPS) is 13.0. The molecule has 0 amide bonds. The van der Waals surface area contributed by atoms with Gasteiger partial charge >= 0.3 is 5.97 Å². The first-order valence-electron chi connectivity index (χ1n) is 5.60. The third kappa shape index (κ3) is 3.43. The molecule has 0 aliphatic heterocycles. The van der Waals surface area contributed by atoms with E-state index in [9.17, 15) is 13.2 Å². The number of aromatic amines is 1. The molecule has 112 valence electrons. The number of halogens is 1. The topological polar surface area (TPSA) is 138 Å². The summed E-state index contributed by atoms with van der Waals surface area (Å²) in [4.78, 5) is 10.8. The molecule has 1 atom stereocenters. The summed E-state index contributed by atoms with van der Waals surface area (Å²) in [5.74, 6) is -1.05. The van der Waals surface area contributed by atoms with Crippen LogP contribution in [0.25, 0.3) is 0 Å². The molecule has 1 aromatic carbocycles. The van der Waals surface area contributed by atoms with Crippen LogP contribution in [-0.4, -0.2) is 40.1 Å². The van der Waals surface area contributed by atoms with Crippen LogP contribution < -0.4 is 4.72 Å². The highest BCUT2D eigenvalue weighted by Crippen LogP contribution is 2.24. The van der Waals surface area contributed by atoms with Crippen molar-refractivity contribution in [2.24, 2.45) is 0 Å². The molecule has 0 saturated heterocycles. The Morgan fingerprint density at radius 3 is 2.76 bits per heavy atom. The lowest BCUT2D eigenvalue weighted by Gasteiger charge is -2.12. The molecule has 0 aliphatic carbocycles. The van der Waals surface area contributed by atoms with Crippen LogP contribution in [0.4, 0.5) is 0 Å². The number of hydrogen-bond acceptors (Lipinski definition) is 6. The summed E-state index contributed by atoms with van der Waals surface area (Å²) in [5, 5.41) is 21.9. The summed E-state index contributed by atoms with van der Waals surface area (Å²) in [6.45, 7) is 1.54. The number of benzene rings is 1. The third-order valence-electron chi connectivity index (χ3n) is 2.55. The molecule has 9 nitrogen and oxygen atoms in total. The Morgan fingerprint density at radius 2 is 2.19 bits per heavy atom. The minimum atomic E-state index is -3.95. The van der Waals surface area contributed by atoms with Crippen molar-refractivity contribution in [3.8, 4) is 0 Å². The van der Waals surface area contributed by atoms with E-state index in [0.29, 0.717) is 0 Å². The predicted molar refractivity (Wildman–Crippen MR) is 74.0 cm³/mol. The maximum absolute atomic E-state index is 12.3. The van der Waals surface area contributed by atoms with Gasteiger partial charge in [-0.15, -0.1) is 10.2 Å². The minimum absolute atomic E-state index is 0.134. The largest absolute Gasteiger partial charge is 0.478 e. The molecule has 2 rings (SSSR count). The van der Waals surface area contributed by atoms with Crippen molar-refractivity contribution in [1.29, 1.82) is 0 Å². The van der Waals surface area contributed by atoms with Gasteiger partial charge in [-0.3, -0.25) is 0 Å². The number of rotatable bonds is 5. The summed E-state index contributed by atoms with van der Waals surface area (Å²) in [6, 6.07) is 3.00. The summed E-state index contributed by atoms with van der Waals surface area (Å²) < 4.78 is 27.2. The van der Waals surface area contributed by atoms with Crippen molar-refractivity contribution in [2.45, 2.75) is 17.9 Å². The maximum atomic E-state index is 12.3. The lowest BCUT2D eigenvalue weighted by molar-refractivity contribution is 0.0696. The van der Waals surface area contributed by atoms with E-state index in [1.807, 2.05) is 0 Å². The summed E-state index contributed by atoms with van der Waals surface area (Å²) >= 11 is 3.09. The molecule has 0 saturated carbocycles. The molecule has 3 N–H and O–H groups in total. The van der Waals surface area contributed by atoms with Crippen LogP contribution in [0, 0.1) is 0 Å². The second-order valence-corrected chi connectivity index (χ2v) is 6.60. The lowest BCUT2D eigenvalue weighted by Crippen LogP contribution is -2.28. The first-order chi connectivity index (χ1) is 9.81. The number of carboxylic acid groups (broad SMARTS) is 1. The average molecular weight is 376 g/mol. The van der Waals surface area contributed by atoms with Crippen LogP contribution in [0.15, 0.2) is 27.6 Å². The third-order valence-corrected chi connectivity index (χ3v) is 5.08. The number of H-pyrrole nitrogens is 1. The fourth-order valence-corrected chi connectivity index (χ4v) is 3.73. The van der Waals surface area contributed by atoms with Gasteiger partial charge in [-0.2, -0.15) is 5.21 Å². The fourth-order valence-electron chi connectivity index (χ4n) is 1.54. The molecule has 11 heteroatoms. The van der Waals surface area contributed by atoms with Crippen molar-refractivity contribution < 1.29 is 18.3 Å². The standard InChI is InChI=1S/C10H10BrN5O4S/c1-5(9-12-15-16-13-9)14-21(19,20)8-4-6(10(17)18)2-3-7(8)11/h2-5,14H,1H3,(H,17,18)(H,12,13,15,16). The summed E-state index contributed by atoms with van der Waals surface area (Å²) in [6.07, 6.45) is 0. The SMILES string of the molecule is CC(NS(=O)(=O)c1cc(C(=O)O)ccc1Br)c1nn[nH]n1. The molecular formula is C10H10BrN5O4S. The summed E-state index contributed by atoms with van der Waals surface area (Å²) in [7, 11) is -3.95. The molecule has 1 aromatic heterocycles. The second-order valence-electron chi connectivity index (χ2n) is 4.06. The number of aromatic nitrogens is 4. The number of aromatic carboxylic acids is 1. The van der Waals surface area contributed by atoms with Gasteiger partial charge in [0, 0.05) is 4.47 Å². The van der Waals surface area contributed by atoms with Crippen LogP contribution in [0.5, 0.6) is 0 Å². The molecule has 1 unspecified atom stereocenters. The van der Waals surface area contributed by atoms with Crippen LogP contribution in [-0.2, 0) is 10.0 Å². The molecule has 2 aromatic rings. The van der Waals surface area contributed by atoms with E-state index in [1.54, 1.807) is 0 Å². The molecule has 0 radical (unpaired) electrons. The van der Waals surface area contributed by atoms with E-state index in [2.05, 4.69) is 41.3 Å². The number of nitrogens with one attached hydrogen (secondary N) is 2. The number of hydrogen-bond donors (Lipinski definition) is 3. The van der Waals surface area contributed by atoms with E-state index in [4.69, 9.17) is 5.11 Å². The molecule has 0 bridgehead atoms. The Bertz CT molecular complexity index is 762. The van der Waals surface area contributed by atoms with E-state index in [-0.39, 0.29) is 20.8 Å². The van der Waals surface area contributed by atoms with E-state index >= 15 is 0 Å². The Labute approximate surface area is 127 Å². The van der Waals surface area contributed by atoms with E-state index in [0.717, 1.165) is 6.07 Å². The van der Waals surface area contributed by atoms with Crippen molar-refractivity contribution in [3.05, 3.63) is 34.1 Å². The Hall–Kier alpha value is -1.85. The highest BCUT2D eigenvalue weighted by molar-refractivity contribution is 9.10. The molecular weight excluding hydrogens is 366 g/mol. The van der Waals surface area contributed by atoms with E-state index in [1.165, 1.54) is 19.1 Å². The van der Waals surface area contributed by atoms with Gasteiger partial charge in [0.25, 0.3) is 0 Å². The summed E-state index contributed by atoms with van der Waals surface area (Å²) in [5.41, 5.74) is -0.134. The lowest BCUT2D eigenvalue weighted by atomic mass is 10.2. The van der Waals surface area contributed by atoms with Gasteiger partial charge in [-0.1, -0.05) is 5.21 Å². The van der Waals surface area contributed by atoms with Crippen LogP contribution in [0.3, 0.4) is 0 Å². The number of tetrazole rings is 1. The van der Waals surface area contributed by atoms with Crippen molar-refractivity contribution in [2.75, 3.05) is 0 Å². The van der Waals surface area contributed by atoms with Gasteiger partial charge in [-0.05, 0) is 41.1 Å². The fraction of sp³-hybridized carbons (Fsp3) is 0.200. The molecule has 1 heterocycles. The van der Waals surface area contributed by atoms with Gasteiger partial charge in [0.1, 0.15) is 0 Å². The first-order valence-corrected chi connectivity index (χ1v) is 7.87. The zero-order valence-electron chi connectivity index (χ0n) is 10.6. The van der Waals surface area contributed by atoms with Gasteiger partial charge in [-0.25, -0.2) is 17.9 Å². The number of nitrogens with zero attached hydrogens (tertiary/aromatic N) is 3. The van der Waals surface area contributed by atoms with Crippen molar-refractivity contribution in [3.63, 3.8) is 0 Å². The Morgan fingerprint density at radius 1 is 1.48 bits per heavy atom. The van der Waals surface area contributed by atoms with Crippen LogP contribution in [0.2, 0.25) is 0 Å². The molecule has 0 spiro atoms. The highest BCUT2D eigenvalue weighted by atomic mass is 79.9. The smallest absolute Gasteiger partial charge is 0.335 e. The van der Waals surface area contributed by atoms with Gasteiger partial charge in [0.15, 0.2) is 5.82 Å². The van der Waals surface area contributed by atoms with Gasteiger partial charge in [0.05, 0.1) is 16.5 Å². The zero-order valence-corrected chi connectivity index (χ0v) is 13.0. The molecule has 21 heavy (non-hydrogen) atoms. The van der Waals surface area contributed by atoms with Gasteiger partial charge in [0.2, 0.25) is 10.0 Å². The first kappa shape index (κ1) is 15.5. The van der Waals surface area contributed by atoms with E-state index < -0.39 is 22.0 Å². The Balaban J connectivity index is 2.35. The second kappa shape index (κ2) is 5.87. The van der Waals surface area contributed by atoms with Gasteiger partial charge < -0.3 is 5.11 Å². The minimum Gasteiger partial charge on any atom is -0.478 e. The maximum Gasteiger partial charge on any atom is 0.335 e. The number of carbonyl (C=O) groups is 1. The quantitative estimate of drug-likeness (QED) is 0.698. The molecule has 0 fully saturated rings. The van der Waals surface area contributed by atoms with Crippen LogP contribution in [0.1, 0.15) is 29.1 Å². The zero-order chi connectivity index (χ0) is 15.6. The van der Waals surface area contributed by atoms with Crippen molar-refractivity contribution >= 4 is 31.9 Å².